The Balaban J connectivity index is 2.69. The van der Waals surface area contributed by atoms with Gasteiger partial charge in [0.15, 0.2) is 12.6 Å². The lowest BCUT2D eigenvalue weighted by Crippen LogP contribution is -2.50. The average molecular weight is 396 g/mol. The van der Waals surface area contributed by atoms with E-state index in [0.717, 1.165) is 0 Å². The number of aliphatic hydroxyl groups excluding tert-OH is 1. The number of aromatic nitrogens is 1. The molecule has 0 aliphatic heterocycles. The normalized spacial score (nSPS) is 13.1. The van der Waals surface area contributed by atoms with E-state index in [0.29, 0.717) is 5.69 Å². The average Bonchev–Trinajstić information content (AvgIpc) is 2.90. The molecule has 1 aromatic rings. The van der Waals surface area contributed by atoms with Gasteiger partial charge in [-0.05, 0) is 45.4 Å². The van der Waals surface area contributed by atoms with Gasteiger partial charge in [-0.25, -0.2) is 4.52 Å². The number of nitrogens with one attached hydrogen (secondary N) is 2. The summed E-state index contributed by atoms with van der Waals surface area (Å²) in [6.07, 6.45) is -5.23. The van der Waals surface area contributed by atoms with Crippen LogP contribution in [0, 0.1) is 0 Å². The first-order chi connectivity index (χ1) is 12.3. The van der Waals surface area contributed by atoms with Gasteiger partial charge in [-0.1, -0.05) is 0 Å². The van der Waals surface area contributed by atoms with Crippen molar-refractivity contribution in [2.75, 3.05) is 25.1 Å². The number of nitrogens with zero attached hydrogens (tertiary/aromatic N) is 1. The van der Waals surface area contributed by atoms with Crippen molar-refractivity contribution in [3.63, 3.8) is 0 Å². The number of hydrogen-bond acceptors (Lipinski definition) is 5. The number of alkyl halides is 3. The second-order valence-electron chi connectivity index (χ2n) is 7.29. The molecule has 0 aromatic carbocycles. The quantitative estimate of drug-likeness (QED) is 0.416. The zero-order valence-electron chi connectivity index (χ0n) is 16.4. The highest BCUT2D eigenvalue weighted by Gasteiger charge is 2.36. The van der Waals surface area contributed by atoms with Crippen molar-refractivity contribution in [1.29, 1.82) is 0 Å². The molecule has 0 saturated heterocycles. The van der Waals surface area contributed by atoms with Crippen LogP contribution in [-0.2, 0) is 22.2 Å². The maximum Gasteiger partial charge on any atom is 0.389 e. The van der Waals surface area contributed by atoms with Crippen LogP contribution >= 0.6 is 0 Å². The van der Waals surface area contributed by atoms with Gasteiger partial charge in [0.25, 0.3) is 11.6 Å². The zero-order valence-corrected chi connectivity index (χ0v) is 16.4. The number of anilines is 1. The largest absolute Gasteiger partial charge is 0.394 e. The topological polar surface area (TPSA) is 87.6 Å². The van der Waals surface area contributed by atoms with Crippen LogP contribution in [0.2, 0.25) is 0 Å². The van der Waals surface area contributed by atoms with E-state index in [4.69, 9.17) is 14.4 Å². The van der Waals surface area contributed by atoms with Gasteiger partial charge in [0, 0.05) is 6.42 Å². The number of carbonyl (C=O) groups excluding carboxylic acids is 1. The molecule has 0 aliphatic carbocycles. The van der Waals surface area contributed by atoms with Crippen molar-refractivity contribution in [3.8, 4) is 0 Å². The molecule has 0 aliphatic rings. The Labute approximate surface area is 156 Å². The number of hydrogen-bond donors (Lipinski definition) is 3. The van der Waals surface area contributed by atoms with Crippen molar-refractivity contribution in [3.05, 3.63) is 11.8 Å². The molecule has 10 heteroatoms. The van der Waals surface area contributed by atoms with Crippen molar-refractivity contribution in [2.24, 2.45) is 7.05 Å². The molecular formula is C17H29F3N3O4+. The van der Waals surface area contributed by atoms with E-state index < -0.39 is 29.6 Å². The third-order valence-electron chi connectivity index (χ3n) is 4.02. The van der Waals surface area contributed by atoms with E-state index in [9.17, 15) is 18.0 Å². The molecule has 0 bridgehead atoms. The maximum atomic E-state index is 12.4. The SMILES string of the molecule is C[n+]1oc(NC(=O)C(C)(C)NCCCC(F)(F)F)cc1C(C)(C)OCCO. The van der Waals surface area contributed by atoms with Crippen LogP contribution in [0.1, 0.15) is 46.2 Å². The van der Waals surface area contributed by atoms with E-state index >= 15 is 0 Å². The third kappa shape index (κ3) is 7.47. The van der Waals surface area contributed by atoms with E-state index in [1.165, 1.54) is 4.74 Å². The molecule has 0 spiro atoms. The molecule has 1 heterocycles. The van der Waals surface area contributed by atoms with Crippen LogP contribution in [0.15, 0.2) is 10.6 Å². The molecule has 0 unspecified atom stereocenters. The lowest BCUT2D eigenvalue weighted by atomic mass is 10.0. The molecule has 0 saturated carbocycles. The standard InChI is InChI=1S/C17H28F3N3O4/c1-15(2,21-8-6-7-17(18,19)20)14(25)22-13-11-12(23(5)27-13)16(3,4)26-10-9-24/h11,21,24H,6-10H2,1-5H3/p+1. The summed E-state index contributed by atoms with van der Waals surface area (Å²) >= 11 is 0. The minimum absolute atomic E-state index is 0.0547. The fraction of sp³-hybridized carbons (Fsp3) is 0.765. The number of aryl methyl sites for hydroxylation is 1. The summed E-state index contributed by atoms with van der Waals surface area (Å²) in [7, 11) is 1.65. The van der Waals surface area contributed by atoms with E-state index in [1.807, 2.05) is 0 Å². The molecule has 1 amide bonds. The van der Waals surface area contributed by atoms with E-state index in [-0.39, 0.29) is 32.1 Å². The summed E-state index contributed by atoms with van der Waals surface area (Å²) in [6.45, 7) is 6.83. The first-order valence-corrected chi connectivity index (χ1v) is 8.67. The van der Waals surface area contributed by atoms with Crippen LogP contribution in [0.25, 0.3) is 0 Å². The first kappa shape index (κ1) is 23.4. The summed E-state index contributed by atoms with van der Waals surface area (Å²) in [5.41, 5.74) is -1.20. The van der Waals surface area contributed by atoms with Gasteiger partial charge in [-0.15, -0.1) is 0 Å². The van der Waals surface area contributed by atoms with Crippen LogP contribution < -0.4 is 15.4 Å². The van der Waals surface area contributed by atoms with Crippen molar-refractivity contribution in [1.82, 2.24) is 5.32 Å². The molecule has 3 N–H and O–H groups in total. The number of halogens is 3. The molecule has 1 rings (SSSR count). The Kier molecular flexibility index (Phi) is 7.82. The fourth-order valence-electron chi connectivity index (χ4n) is 2.46. The number of carbonyl (C=O) groups is 1. The van der Waals surface area contributed by atoms with Crippen molar-refractivity contribution in [2.45, 2.75) is 57.9 Å². The van der Waals surface area contributed by atoms with Crippen LogP contribution in [-0.4, -0.2) is 42.5 Å². The highest BCUT2D eigenvalue weighted by molar-refractivity contribution is 5.96. The van der Waals surface area contributed by atoms with Crippen molar-refractivity contribution >= 4 is 11.8 Å². The lowest BCUT2D eigenvalue weighted by molar-refractivity contribution is -0.852. The number of amides is 1. The van der Waals surface area contributed by atoms with Gasteiger partial charge in [0.05, 0.1) is 24.8 Å². The van der Waals surface area contributed by atoms with Crippen molar-refractivity contribution < 1.29 is 37.1 Å². The smallest absolute Gasteiger partial charge is 0.389 e. The predicted molar refractivity (Wildman–Crippen MR) is 91.9 cm³/mol. The van der Waals surface area contributed by atoms with Gasteiger partial charge in [0.1, 0.15) is 0 Å². The Morgan fingerprint density at radius 1 is 1.30 bits per heavy atom. The first-order valence-electron chi connectivity index (χ1n) is 8.67. The molecule has 1 aromatic heterocycles. The van der Waals surface area contributed by atoms with Gasteiger partial charge >= 0.3 is 6.18 Å². The molecule has 0 fully saturated rings. The molecular weight excluding hydrogens is 367 g/mol. The molecule has 7 nitrogen and oxygen atoms in total. The summed E-state index contributed by atoms with van der Waals surface area (Å²) in [6, 6.07) is 1.61. The summed E-state index contributed by atoms with van der Waals surface area (Å²) in [5, 5.41) is 14.3. The maximum absolute atomic E-state index is 12.4. The minimum Gasteiger partial charge on any atom is -0.394 e. The van der Waals surface area contributed by atoms with E-state index in [2.05, 4.69) is 10.6 Å². The second-order valence-corrected chi connectivity index (χ2v) is 7.29. The van der Waals surface area contributed by atoms with Crippen LogP contribution in [0.4, 0.5) is 19.1 Å². The fourth-order valence-corrected chi connectivity index (χ4v) is 2.46. The predicted octanol–water partition coefficient (Wildman–Crippen LogP) is 2.00. The van der Waals surface area contributed by atoms with Gasteiger partial charge in [-0.3, -0.25) is 10.1 Å². The second kappa shape index (κ2) is 9.03. The zero-order chi connectivity index (χ0) is 20.9. The van der Waals surface area contributed by atoms with Gasteiger partial charge in [0.2, 0.25) is 5.91 Å². The Hall–Kier alpha value is -1.65. The van der Waals surface area contributed by atoms with Crippen LogP contribution in [0.5, 0.6) is 0 Å². The highest BCUT2D eigenvalue weighted by atomic mass is 19.4. The third-order valence-corrected chi connectivity index (χ3v) is 4.02. The number of aliphatic hydroxyl groups is 1. The lowest BCUT2D eigenvalue weighted by Gasteiger charge is -2.24. The molecule has 0 atom stereocenters. The number of rotatable bonds is 10. The highest BCUT2D eigenvalue weighted by Crippen LogP contribution is 2.25. The van der Waals surface area contributed by atoms with Crippen LogP contribution in [0.3, 0.4) is 0 Å². The summed E-state index contributed by atoms with van der Waals surface area (Å²) < 4.78 is 49.1. The minimum atomic E-state index is -4.21. The summed E-state index contributed by atoms with van der Waals surface area (Å²) in [4.78, 5) is 12.4. The summed E-state index contributed by atoms with van der Waals surface area (Å²) in [5.74, 6) is -0.257. The van der Waals surface area contributed by atoms with Gasteiger partial charge in [-0.2, -0.15) is 13.2 Å². The number of ether oxygens (including phenoxy) is 1. The Morgan fingerprint density at radius 3 is 2.48 bits per heavy atom. The molecule has 27 heavy (non-hydrogen) atoms. The molecule has 0 radical (unpaired) electrons. The Bertz CT molecular complexity index is 627. The Morgan fingerprint density at radius 2 is 1.93 bits per heavy atom. The molecule has 156 valence electrons. The van der Waals surface area contributed by atoms with E-state index in [1.54, 1.807) is 40.8 Å². The van der Waals surface area contributed by atoms with Gasteiger partial charge < -0.3 is 15.2 Å². The monoisotopic (exact) mass is 396 g/mol.